The van der Waals surface area contributed by atoms with Crippen LogP contribution < -0.4 is 0 Å². The lowest BCUT2D eigenvalue weighted by Gasteiger charge is -2.37. The van der Waals surface area contributed by atoms with E-state index in [-0.39, 0.29) is 5.41 Å². The van der Waals surface area contributed by atoms with Crippen molar-refractivity contribution in [2.75, 3.05) is 7.05 Å². The molecule has 0 aromatic heterocycles. The molecule has 0 heterocycles. The van der Waals surface area contributed by atoms with Gasteiger partial charge in [-0.3, -0.25) is 4.90 Å². The molecule has 2 saturated carbocycles. The number of phenols is 1. The van der Waals surface area contributed by atoms with Crippen molar-refractivity contribution >= 4 is 0 Å². The van der Waals surface area contributed by atoms with Gasteiger partial charge in [-0.15, -0.1) is 0 Å². The summed E-state index contributed by atoms with van der Waals surface area (Å²) in [4.78, 5) is 2.52. The van der Waals surface area contributed by atoms with E-state index in [4.69, 9.17) is 0 Å². The maximum atomic E-state index is 10.7. The Balaban J connectivity index is 1.82. The molecule has 21 heavy (non-hydrogen) atoms. The number of aromatic hydroxyl groups is 1. The van der Waals surface area contributed by atoms with Crippen molar-refractivity contribution in [2.24, 2.45) is 5.92 Å². The number of para-hydroxylation sites is 1. The van der Waals surface area contributed by atoms with Crippen LogP contribution in [0.4, 0.5) is 0 Å². The van der Waals surface area contributed by atoms with Crippen molar-refractivity contribution in [1.82, 2.24) is 4.90 Å². The Labute approximate surface area is 129 Å². The van der Waals surface area contributed by atoms with Crippen molar-refractivity contribution < 1.29 is 5.11 Å². The van der Waals surface area contributed by atoms with Gasteiger partial charge in [0.1, 0.15) is 5.75 Å². The highest BCUT2D eigenvalue weighted by Gasteiger charge is 2.47. The standard InChI is InChI=1S/C19H29NO/c1-18(2,3)16-7-5-6-15(17(16)21)13-20(4)19-10-8-14(12-19)9-11-19/h5-7,14,21H,8-13H2,1-4H3. The minimum atomic E-state index is -0.0111. The van der Waals surface area contributed by atoms with Crippen molar-refractivity contribution in [3.8, 4) is 5.75 Å². The zero-order chi connectivity index (χ0) is 15.3. The summed E-state index contributed by atoms with van der Waals surface area (Å²) in [6, 6.07) is 6.23. The average Bonchev–Trinajstić information content (AvgIpc) is 3.01. The molecule has 1 N–H and O–H groups in total. The number of hydrogen-bond donors (Lipinski definition) is 1. The Bertz CT molecular complexity index is 521. The number of phenolic OH excluding ortho intramolecular Hbond substituents is 1. The third-order valence-corrected chi connectivity index (χ3v) is 5.85. The van der Waals surface area contributed by atoms with Gasteiger partial charge >= 0.3 is 0 Å². The molecule has 0 unspecified atom stereocenters. The van der Waals surface area contributed by atoms with Crippen LogP contribution in [0.25, 0.3) is 0 Å². The van der Waals surface area contributed by atoms with Crippen LogP contribution in [-0.2, 0) is 12.0 Å². The molecule has 3 rings (SSSR count). The van der Waals surface area contributed by atoms with E-state index in [0.717, 1.165) is 23.6 Å². The minimum absolute atomic E-state index is 0.0111. The first-order valence-corrected chi connectivity index (χ1v) is 8.34. The quantitative estimate of drug-likeness (QED) is 0.887. The lowest BCUT2D eigenvalue weighted by atomic mass is 9.85. The molecule has 0 atom stereocenters. The molecule has 0 aliphatic heterocycles. The van der Waals surface area contributed by atoms with E-state index in [1.165, 1.54) is 32.1 Å². The van der Waals surface area contributed by atoms with Gasteiger partial charge in [0.15, 0.2) is 0 Å². The van der Waals surface area contributed by atoms with Crippen LogP contribution in [0.15, 0.2) is 18.2 Å². The van der Waals surface area contributed by atoms with E-state index >= 15 is 0 Å². The van der Waals surface area contributed by atoms with E-state index in [1.54, 1.807) is 0 Å². The summed E-state index contributed by atoms with van der Waals surface area (Å²) in [7, 11) is 2.25. The third-order valence-electron chi connectivity index (χ3n) is 5.85. The first-order valence-electron chi connectivity index (χ1n) is 8.34. The van der Waals surface area contributed by atoms with Crippen LogP contribution in [-0.4, -0.2) is 22.6 Å². The summed E-state index contributed by atoms with van der Waals surface area (Å²) in [5.74, 6) is 1.46. The van der Waals surface area contributed by atoms with Crippen LogP contribution in [0.3, 0.4) is 0 Å². The summed E-state index contributed by atoms with van der Waals surface area (Å²) in [6.07, 6.45) is 6.85. The van der Waals surface area contributed by atoms with Gasteiger partial charge in [-0.05, 0) is 56.0 Å². The lowest BCUT2D eigenvalue weighted by Crippen LogP contribution is -2.42. The Morgan fingerprint density at radius 3 is 2.43 bits per heavy atom. The second kappa shape index (κ2) is 5.01. The van der Waals surface area contributed by atoms with Crippen LogP contribution in [0.5, 0.6) is 5.75 Å². The number of nitrogens with zero attached hydrogens (tertiary/aromatic N) is 1. The second-order valence-corrected chi connectivity index (χ2v) is 8.29. The summed E-state index contributed by atoms with van der Waals surface area (Å²) < 4.78 is 0. The van der Waals surface area contributed by atoms with Gasteiger partial charge < -0.3 is 5.11 Å². The second-order valence-electron chi connectivity index (χ2n) is 8.29. The Kier molecular flexibility index (Phi) is 3.56. The summed E-state index contributed by atoms with van der Waals surface area (Å²) >= 11 is 0. The maximum Gasteiger partial charge on any atom is 0.123 e. The monoisotopic (exact) mass is 287 g/mol. The zero-order valence-electron chi connectivity index (χ0n) is 13.9. The van der Waals surface area contributed by atoms with E-state index in [1.807, 2.05) is 0 Å². The normalized spacial score (nSPS) is 28.5. The zero-order valence-corrected chi connectivity index (χ0v) is 13.9. The molecule has 0 radical (unpaired) electrons. The van der Waals surface area contributed by atoms with E-state index in [0.29, 0.717) is 11.3 Å². The van der Waals surface area contributed by atoms with Gasteiger partial charge in [-0.2, -0.15) is 0 Å². The number of hydrogen-bond acceptors (Lipinski definition) is 2. The average molecular weight is 287 g/mol. The summed E-state index contributed by atoms with van der Waals surface area (Å²) in [5.41, 5.74) is 2.54. The highest BCUT2D eigenvalue weighted by Crippen LogP contribution is 2.51. The molecule has 2 nitrogen and oxygen atoms in total. The van der Waals surface area contributed by atoms with Crippen LogP contribution >= 0.6 is 0 Å². The molecule has 2 bridgehead atoms. The van der Waals surface area contributed by atoms with Crippen molar-refractivity contribution in [1.29, 1.82) is 0 Å². The Hall–Kier alpha value is -1.02. The molecule has 116 valence electrons. The molecule has 2 fully saturated rings. The molecule has 0 amide bonds. The number of benzene rings is 1. The fourth-order valence-electron chi connectivity index (χ4n) is 4.45. The van der Waals surface area contributed by atoms with Gasteiger partial charge in [0.05, 0.1) is 0 Å². The highest BCUT2D eigenvalue weighted by molar-refractivity contribution is 5.44. The predicted octanol–water partition coefficient (Wildman–Crippen LogP) is 4.45. The summed E-state index contributed by atoms with van der Waals surface area (Å²) in [6.45, 7) is 7.34. The van der Waals surface area contributed by atoms with Gasteiger partial charge in [0.2, 0.25) is 0 Å². The van der Waals surface area contributed by atoms with Crippen LogP contribution in [0.1, 0.15) is 64.0 Å². The molecule has 2 heteroatoms. The van der Waals surface area contributed by atoms with Crippen molar-refractivity contribution in [2.45, 2.75) is 70.4 Å². The van der Waals surface area contributed by atoms with Crippen molar-refractivity contribution in [3.05, 3.63) is 29.3 Å². The predicted molar refractivity (Wildman–Crippen MR) is 87.6 cm³/mol. The van der Waals surface area contributed by atoms with Gasteiger partial charge in [-0.25, -0.2) is 0 Å². The number of fused-ring (bicyclic) bond motifs is 2. The molecule has 1 aromatic carbocycles. The van der Waals surface area contributed by atoms with E-state index in [9.17, 15) is 5.11 Å². The van der Waals surface area contributed by atoms with Crippen molar-refractivity contribution in [3.63, 3.8) is 0 Å². The van der Waals surface area contributed by atoms with Gasteiger partial charge in [-0.1, -0.05) is 39.0 Å². The summed E-state index contributed by atoms with van der Waals surface area (Å²) in [5, 5.41) is 10.7. The fraction of sp³-hybridized carbons (Fsp3) is 0.684. The Morgan fingerprint density at radius 1 is 1.24 bits per heavy atom. The molecular weight excluding hydrogens is 258 g/mol. The molecule has 0 spiro atoms. The first kappa shape index (κ1) is 14.9. The van der Waals surface area contributed by atoms with E-state index in [2.05, 4.69) is 50.9 Å². The van der Waals surface area contributed by atoms with Gasteiger partial charge in [0.25, 0.3) is 0 Å². The first-order chi connectivity index (χ1) is 9.82. The minimum Gasteiger partial charge on any atom is -0.507 e. The maximum absolute atomic E-state index is 10.7. The fourth-order valence-corrected chi connectivity index (χ4v) is 4.45. The molecule has 1 aromatic rings. The third kappa shape index (κ3) is 2.59. The lowest BCUT2D eigenvalue weighted by molar-refractivity contribution is 0.118. The molecular formula is C19H29NO. The molecule has 2 aliphatic carbocycles. The highest BCUT2D eigenvalue weighted by atomic mass is 16.3. The largest absolute Gasteiger partial charge is 0.507 e. The van der Waals surface area contributed by atoms with Gasteiger partial charge in [0, 0.05) is 17.6 Å². The van der Waals surface area contributed by atoms with Crippen LogP contribution in [0, 0.1) is 5.92 Å². The number of rotatable bonds is 3. The SMILES string of the molecule is CN(Cc1cccc(C(C)(C)C)c1O)C12CCC(CC1)C2. The smallest absolute Gasteiger partial charge is 0.123 e. The molecule has 0 saturated heterocycles. The van der Waals surface area contributed by atoms with Crippen LogP contribution in [0.2, 0.25) is 0 Å². The molecule has 2 aliphatic rings. The van der Waals surface area contributed by atoms with E-state index < -0.39 is 0 Å². The Morgan fingerprint density at radius 2 is 1.90 bits per heavy atom. The topological polar surface area (TPSA) is 23.5 Å².